The molecular formula is C47H31N5. The molecule has 0 radical (unpaired) electrons. The minimum absolute atomic E-state index is 0.553. The van der Waals surface area contributed by atoms with Gasteiger partial charge in [-0.2, -0.15) is 0 Å². The SMILES string of the molecule is c1ccc(-c2cc(-c3nc(-c4cccnc4)nc(-c4cccnc4)n3)ccc2-c2ccccc2-c2ccccc2-c2cccc3ccccc23)cc1. The minimum Gasteiger partial charge on any atom is -0.264 e. The van der Waals surface area contributed by atoms with Gasteiger partial charge in [0.05, 0.1) is 0 Å². The maximum atomic E-state index is 4.99. The van der Waals surface area contributed by atoms with Crippen molar-refractivity contribution < 1.29 is 0 Å². The Bertz CT molecular complexity index is 2610. The molecule has 52 heavy (non-hydrogen) atoms. The molecule has 0 N–H and O–H groups in total. The summed E-state index contributed by atoms with van der Waals surface area (Å²) in [5, 5.41) is 2.46. The van der Waals surface area contributed by atoms with Crippen LogP contribution in [0.2, 0.25) is 0 Å². The van der Waals surface area contributed by atoms with E-state index in [2.05, 4.69) is 143 Å². The van der Waals surface area contributed by atoms with Gasteiger partial charge in [-0.1, -0.05) is 133 Å². The van der Waals surface area contributed by atoms with Gasteiger partial charge < -0.3 is 0 Å². The van der Waals surface area contributed by atoms with Crippen LogP contribution in [0.25, 0.3) is 89.4 Å². The number of benzene rings is 6. The molecule has 0 spiro atoms. The van der Waals surface area contributed by atoms with E-state index in [1.807, 2.05) is 30.3 Å². The third kappa shape index (κ3) is 5.91. The molecule has 0 saturated heterocycles. The number of fused-ring (bicyclic) bond motifs is 1. The zero-order valence-corrected chi connectivity index (χ0v) is 28.1. The molecule has 9 rings (SSSR count). The van der Waals surface area contributed by atoms with Crippen LogP contribution >= 0.6 is 0 Å². The van der Waals surface area contributed by atoms with E-state index in [-0.39, 0.29) is 0 Å². The van der Waals surface area contributed by atoms with Crippen molar-refractivity contribution in [2.75, 3.05) is 0 Å². The summed E-state index contributed by atoms with van der Waals surface area (Å²) < 4.78 is 0. The van der Waals surface area contributed by atoms with E-state index in [4.69, 9.17) is 15.0 Å². The summed E-state index contributed by atoms with van der Waals surface area (Å²) in [4.78, 5) is 23.5. The summed E-state index contributed by atoms with van der Waals surface area (Å²) >= 11 is 0. The zero-order chi connectivity index (χ0) is 34.7. The summed E-state index contributed by atoms with van der Waals surface area (Å²) in [5.41, 5.74) is 11.7. The van der Waals surface area contributed by atoms with Gasteiger partial charge in [0.2, 0.25) is 0 Å². The van der Waals surface area contributed by atoms with Crippen molar-refractivity contribution in [3.63, 3.8) is 0 Å². The van der Waals surface area contributed by atoms with E-state index in [0.717, 1.165) is 44.5 Å². The summed E-state index contributed by atoms with van der Waals surface area (Å²) in [7, 11) is 0. The monoisotopic (exact) mass is 665 g/mol. The lowest BCUT2D eigenvalue weighted by molar-refractivity contribution is 1.07. The van der Waals surface area contributed by atoms with Crippen LogP contribution in [0.3, 0.4) is 0 Å². The van der Waals surface area contributed by atoms with Crippen LogP contribution in [0.1, 0.15) is 0 Å². The van der Waals surface area contributed by atoms with Gasteiger partial charge in [-0.05, 0) is 85.6 Å². The third-order valence-electron chi connectivity index (χ3n) is 9.35. The first-order chi connectivity index (χ1) is 25.8. The summed E-state index contributed by atoms with van der Waals surface area (Å²) in [6, 6.07) is 57.3. The number of aromatic nitrogens is 5. The van der Waals surface area contributed by atoms with E-state index in [1.54, 1.807) is 24.8 Å². The van der Waals surface area contributed by atoms with Crippen molar-refractivity contribution in [3.05, 3.63) is 189 Å². The molecule has 0 unspecified atom stereocenters. The fourth-order valence-electron chi connectivity index (χ4n) is 6.89. The van der Waals surface area contributed by atoms with Crippen LogP contribution in [0, 0.1) is 0 Å². The lowest BCUT2D eigenvalue weighted by Crippen LogP contribution is -2.01. The number of hydrogen-bond donors (Lipinski definition) is 0. The quantitative estimate of drug-likeness (QED) is 0.169. The maximum absolute atomic E-state index is 4.99. The molecule has 244 valence electrons. The highest BCUT2D eigenvalue weighted by Crippen LogP contribution is 2.43. The second-order valence-electron chi connectivity index (χ2n) is 12.5. The largest absolute Gasteiger partial charge is 0.264 e. The van der Waals surface area contributed by atoms with Crippen molar-refractivity contribution in [1.29, 1.82) is 0 Å². The second kappa shape index (κ2) is 13.7. The Morgan fingerprint density at radius 3 is 1.35 bits per heavy atom. The van der Waals surface area contributed by atoms with Crippen LogP contribution in [0.5, 0.6) is 0 Å². The smallest absolute Gasteiger partial charge is 0.165 e. The fourth-order valence-corrected chi connectivity index (χ4v) is 6.89. The first-order valence-electron chi connectivity index (χ1n) is 17.2. The van der Waals surface area contributed by atoms with Gasteiger partial charge in [0.15, 0.2) is 17.5 Å². The number of nitrogens with zero attached hydrogens (tertiary/aromatic N) is 5. The van der Waals surface area contributed by atoms with E-state index < -0.39 is 0 Å². The lowest BCUT2D eigenvalue weighted by Gasteiger charge is -2.19. The van der Waals surface area contributed by atoms with Crippen LogP contribution in [-0.2, 0) is 0 Å². The molecule has 3 aromatic heterocycles. The summed E-state index contributed by atoms with van der Waals surface area (Å²) in [6.07, 6.45) is 7.04. The molecule has 5 nitrogen and oxygen atoms in total. The van der Waals surface area contributed by atoms with Crippen LogP contribution < -0.4 is 0 Å². The maximum Gasteiger partial charge on any atom is 0.165 e. The highest BCUT2D eigenvalue weighted by atomic mass is 15.0. The molecule has 0 fully saturated rings. The van der Waals surface area contributed by atoms with E-state index in [0.29, 0.717) is 17.5 Å². The Hall–Kier alpha value is -7.11. The molecule has 5 heteroatoms. The Balaban J connectivity index is 1.24. The molecule has 0 aliphatic rings. The van der Waals surface area contributed by atoms with Crippen molar-refractivity contribution in [3.8, 4) is 78.7 Å². The zero-order valence-electron chi connectivity index (χ0n) is 28.1. The topological polar surface area (TPSA) is 64.5 Å². The van der Waals surface area contributed by atoms with Gasteiger partial charge in [-0.3, -0.25) is 9.97 Å². The van der Waals surface area contributed by atoms with Crippen LogP contribution in [0.15, 0.2) is 189 Å². The standard InChI is InChI=1S/C47H31N5/c1-2-13-33(14-3-1)44-29-34(45-50-46(35-17-11-27-48-30-35)52-47(51-45)36-18-12-28-49-31-36)25-26-43(44)42-23-9-8-22-41(42)40-21-7-6-20-39(40)38-24-10-16-32-15-4-5-19-37(32)38/h1-31H. The van der Waals surface area contributed by atoms with Gasteiger partial charge in [-0.15, -0.1) is 0 Å². The minimum atomic E-state index is 0.553. The molecule has 3 heterocycles. The van der Waals surface area contributed by atoms with Crippen molar-refractivity contribution in [2.24, 2.45) is 0 Å². The van der Waals surface area contributed by atoms with Gasteiger partial charge >= 0.3 is 0 Å². The van der Waals surface area contributed by atoms with E-state index in [9.17, 15) is 0 Å². The number of rotatable bonds is 7. The molecule has 0 bridgehead atoms. The number of pyridine rings is 2. The Morgan fingerprint density at radius 2 is 0.750 bits per heavy atom. The third-order valence-corrected chi connectivity index (χ3v) is 9.35. The average molecular weight is 666 g/mol. The van der Waals surface area contributed by atoms with Crippen molar-refractivity contribution in [2.45, 2.75) is 0 Å². The molecule has 6 aromatic carbocycles. The Kier molecular flexibility index (Phi) is 8.12. The Morgan fingerprint density at radius 1 is 0.288 bits per heavy atom. The van der Waals surface area contributed by atoms with E-state index in [1.165, 1.54) is 27.5 Å². The van der Waals surface area contributed by atoms with Gasteiger partial charge in [0.1, 0.15) is 0 Å². The van der Waals surface area contributed by atoms with Crippen molar-refractivity contribution >= 4 is 10.8 Å². The highest BCUT2D eigenvalue weighted by Gasteiger charge is 2.19. The molecule has 0 atom stereocenters. The summed E-state index contributed by atoms with van der Waals surface area (Å²) in [5.74, 6) is 1.68. The first-order valence-corrected chi connectivity index (χ1v) is 17.2. The molecule has 0 aliphatic carbocycles. The molecule has 0 saturated carbocycles. The normalized spacial score (nSPS) is 11.1. The van der Waals surface area contributed by atoms with Crippen LogP contribution in [-0.4, -0.2) is 24.9 Å². The van der Waals surface area contributed by atoms with Crippen LogP contribution in [0.4, 0.5) is 0 Å². The lowest BCUT2D eigenvalue weighted by atomic mass is 9.85. The molecule has 0 amide bonds. The summed E-state index contributed by atoms with van der Waals surface area (Å²) in [6.45, 7) is 0. The van der Waals surface area contributed by atoms with E-state index >= 15 is 0 Å². The van der Waals surface area contributed by atoms with Gasteiger partial charge in [0, 0.05) is 41.5 Å². The molecule has 9 aromatic rings. The first kappa shape index (κ1) is 30.9. The molecular weight excluding hydrogens is 635 g/mol. The second-order valence-corrected chi connectivity index (χ2v) is 12.5. The predicted molar refractivity (Wildman–Crippen MR) is 211 cm³/mol. The predicted octanol–water partition coefficient (Wildman–Crippen LogP) is 11.5. The fraction of sp³-hybridized carbons (Fsp3) is 0. The van der Waals surface area contributed by atoms with Gasteiger partial charge in [0.25, 0.3) is 0 Å². The number of hydrogen-bond acceptors (Lipinski definition) is 5. The molecule has 0 aliphatic heterocycles. The average Bonchev–Trinajstić information content (AvgIpc) is 3.24. The Labute approximate surface area is 302 Å². The van der Waals surface area contributed by atoms with Gasteiger partial charge in [-0.25, -0.2) is 15.0 Å². The highest BCUT2D eigenvalue weighted by molar-refractivity contribution is 6.03. The van der Waals surface area contributed by atoms with Crippen molar-refractivity contribution in [1.82, 2.24) is 24.9 Å².